The van der Waals surface area contributed by atoms with E-state index in [9.17, 15) is 9.59 Å². The number of hydrogen-bond donors (Lipinski definition) is 1. The van der Waals surface area contributed by atoms with E-state index in [0.29, 0.717) is 6.61 Å². The first-order chi connectivity index (χ1) is 15.2. The topological polar surface area (TPSA) is 83.5 Å². The average molecular weight is 426 g/mol. The second-order valence-corrected chi connectivity index (χ2v) is 9.20. The van der Waals surface area contributed by atoms with Crippen molar-refractivity contribution in [2.24, 2.45) is 5.92 Å². The predicted molar refractivity (Wildman–Crippen MR) is 116 cm³/mol. The third-order valence-corrected chi connectivity index (χ3v) is 7.27. The molecule has 4 atom stereocenters. The van der Waals surface area contributed by atoms with Crippen molar-refractivity contribution in [2.75, 3.05) is 39.9 Å². The van der Waals surface area contributed by atoms with Gasteiger partial charge in [0, 0.05) is 63.1 Å². The summed E-state index contributed by atoms with van der Waals surface area (Å²) in [6, 6.07) is 5.16. The van der Waals surface area contributed by atoms with E-state index in [2.05, 4.69) is 15.1 Å². The number of nitrogens with one attached hydrogen (secondary N) is 1. The summed E-state index contributed by atoms with van der Waals surface area (Å²) in [4.78, 5) is 31.2. The van der Waals surface area contributed by atoms with E-state index in [1.807, 2.05) is 34.0 Å². The quantitative estimate of drug-likeness (QED) is 0.757. The number of carbonyl (C=O) groups is 1. The number of pyridine rings is 1. The Morgan fingerprint density at radius 3 is 3.03 bits per heavy atom. The second-order valence-electron chi connectivity index (χ2n) is 9.20. The molecule has 2 aromatic heterocycles. The number of aromatic amines is 1. The van der Waals surface area contributed by atoms with E-state index in [0.717, 1.165) is 57.6 Å². The van der Waals surface area contributed by atoms with Gasteiger partial charge in [0.1, 0.15) is 6.04 Å². The monoisotopic (exact) mass is 425 g/mol. The SMILES string of the molecule is COC[C@@H]1CCCN1C(=O)[C@H]1[C@@H]2C[C@@H](CN(CCc3cn[nH]c3)C2)c2cccc(=O)n21. The molecule has 2 fully saturated rings. The van der Waals surface area contributed by atoms with Gasteiger partial charge in [-0.3, -0.25) is 19.3 Å². The number of hydrogen-bond acceptors (Lipinski definition) is 5. The smallest absolute Gasteiger partial charge is 0.251 e. The van der Waals surface area contributed by atoms with Crippen LogP contribution in [0.15, 0.2) is 35.4 Å². The summed E-state index contributed by atoms with van der Waals surface area (Å²) in [6.07, 6.45) is 7.66. The molecule has 3 aliphatic heterocycles. The molecule has 31 heavy (non-hydrogen) atoms. The van der Waals surface area contributed by atoms with Crippen molar-refractivity contribution >= 4 is 5.91 Å². The Labute approximate surface area is 182 Å². The van der Waals surface area contributed by atoms with Gasteiger partial charge in [0.25, 0.3) is 5.56 Å². The highest BCUT2D eigenvalue weighted by atomic mass is 16.5. The van der Waals surface area contributed by atoms with E-state index in [-0.39, 0.29) is 29.3 Å². The molecule has 0 spiro atoms. The number of H-pyrrole nitrogens is 1. The predicted octanol–water partition coefficient (Wildman–Crippen LogP) is 1.41. The van der Waals surface area contributed by atoms with E-state index in [1.54, 1.807) is 13.2 Å². The van der Waals surface area contributed by atoms with Crippen molar-refractivity contribution in [3.8, 4) is 0 Å². The minimum atomic E-state index is -0.422. The van der Waals surface area contributed by atoms with Crippen LogP contribution in [0.4, 0.5) is 0 Å². The molecular formula is C23H31N5O3. The average Bonchev–Trinajstić information content (AvgIpc) is 3.45. The van der Waals surface area contributed by atoms with Gasteiger partial charge in [-0.15, -0.1) is 0 Å². The van der Waals surface area contributed by atoms with E-state index >= 15 is 0 Å². The van der Waals surface area contributed by atoms with Crippen LogP contribution in [-0.4, -0.2) is 76.4 Å². The van der Waals surface area contributed by atoms with Crippen molar-refractivity contribution < 1.29 is 9.53 Å². The summed E-state index contributed by atoms with van der Waals surface area (Å²) in [6.45, 7) is 4.00. The zero-order valence-corrected chi connectivity index (χ0v) is 18.1. The van der Waals surface area contributed by atoms with Crippen LogP contribution in [0.1, 0.15) is 42.5 Å². The number of methoxy groups -OCH3 is 1. The Morgan fingerprint density at radius 2 is 2.23 bits per heavy atom. The van der Waals surface area contributed by atoms with E-state index in [4.69, 9.17) is 4.74 Å². The van der Waals surface area contributed by atoms with Gasteiger partial charge in [-0.2, -0.15) is 5.10 Å². The van der Waals surface area contributed by atoms with Crippen LogP contribution in [0.2, 0.25) is 0 Å². The van der Waals surface area contributed by atoms with Crippen molar-refractivity contribution in [3.05, 3.63) is 52.2 Å². The Kier molecular flexibility index (Phi) is 5.67. The highest BCUT2D eigenvalue weighted by molar-refractivity contribution is 5.82. The third kappa shape index (κ3) is 3.83. The van der Waals surface area contributed by atoms with Gasteiger partial charge in [-0.25, -0.2) is 0 Å². The molecule has 0 aliphatic carbocycles. The lowest BCUT2D eigenvalue weighted by molar-refractivity contribution is -0.140. The minimum Gasteiger partial charge on any atom is -0.383 e. The van der Waals surface area contributed by atoms with E-state index in [1.165, 1.54) is 5.56 Å². The number of nitrogens with zero attached hydrogens (tertiary/aromatic N) is 4. The van der Waals surface area contributed by atoms with Crippen LogP contribution in [0, 0.1) is 5.92 Å². The number of carbonyl (C=O) groups excluding carboxylic acids is 1. The molecule has 0 radical (unpaired) electrons. The van der Waals surface area contributed by atoms with Crippen molar-refractivity contribution in [3.63, 3.8) is 0 Å². The van der Waals surface area contributed by atoms with Crippen LogP contribution in [0.25, 0.3) is 0 Å². The van der Waals surface area contributed by atoms with Crippen LogP contribution < -0.4 is 5.56 Å². The van der Waals surface area contributed by atoms with Gasteiger partial charge in [-0.1, -0.05) is 6.07 Å². The van der Waals surface area contributed by atoms with Crippen LogP contribution in [-0.2, 0) is 16.0 Å². The van der Waals surface area contributed by atoms with Gasteiger partial charge in [-0.05, 0) is 37.3 Å². The normalized spacial score (nSPS) is 28.0. The number of likely N-dealkylation sites (tertiary alicyclic amines) is 2. The molecule has 166 valence electrons. The van der Waals surface area contributed by atoms with Crippen molar-refractivity contribution in [1.82, 2.24) is 24.6 Å². The Bertz CT molecular complexity index is 972. The summed E-state index contributed by atoms with van der Waals surface area (Å²) in [5, 5.41) is 6.92. The highest BCUT2D eigenvalue weighted by Gasteiger charge is 2.46. The number of fused-ring (bicyclic) bond motifs is 4. The molecule has 5 rings (SSSR count). The summed E-state index contributed by atoms with van der Waals surface area (Å²) >= 11 is 0. The summed E-state index contributed by atoms with van der Waals surface area (Å²) in [5.41, 5.74) is 2.15. The first kappa shape index (κ1) is 20.5. The number of amides is 1. The molecule has 0 unspecified atom stereocenters. The highest BCUT2D eigenvalue weighted by Crippen LogP contribution is 2.42. The number of piperidine rings is 1. The fourth-order valence-corrected chi connectivity index (χ4v) is 5.89. The lowest BCUT2D eigenvalue weighted by Gasteiger charge is -2.47. The standard InChI is InChI=1S/C23H31N5O3/c1-31-15-19-4-3-8-27(19)23(30)22-18-10-17(20-5-2-6-21(29)28(20)22)13-26(14-18)9-7-16-11-24-25-12-16/h2,5-6,11-12,17-19,22H,3-4,7-10,13-15H2,1H3,(H,24,25)/t17-,18+,19-,22+/m0/s1. The lowest BCUT2D eigenvalue weighted by atomic mass is 9.77. The molecule has 0 aromatic carbocycles. The van der Waals surface area contributed by atoms with Gasteiger partial charge < -0.3 is 14.5 Å². The fourth-order valence-electron chi connectivity index (χ4n) is 5.89. The maximum absolute atomic E-state index is 13.8. The molecule has 5 heterocycles. The lowest BCUT2D eigenvalue weighted by Crippen LogP contribution is -2.55. The maximum atomic E-state index is 13.8. The van der Waals surface area contributed by atoms with Gasteiger partial charge in [0.15, 0.2) is 0 Å². The molecule has 2 aromatic rings. The first-order valence-electron chi connectivity index (χ1n) is 11.4. The Morgan fingerprint density at radius 1 is 1.32 bits per heavy atom. The van der Waals surface area contributed by atoms with Crippen LogP contribution >= 0.6 is 0 Å². The van der Waals surface area contributed by atoms with Crippen LogP contribution in [0.3, 0.4) is 0 Å². The zero-order valence-electron chi connectivity index (χ0n) is 18.1. The molecule has 1 N–H and O–H groups in total. The zero-order chi connectivity index (χ0) is 21.4. The number of ether oxygens (including phenoxy) is 1. The van der Waals surface area contributed by atoms with Gasteiger partial charge >= 0.3 is 0 Å². The molecule has 8 heteroatoms. The fraction of sp³-hybridized carbons (Fsp3) is 0.609. The summed E-state index contributed by atoms with van der Waals surface area (Å²) < 4.78 is 7.19. The molecular weight excluding hydrogens is 394 g/mol. The van der Waals surface area contributed by atoms with Crippen molar-refractivity contribution in [1.29, 1.82) is 0 Å². The van der Waals surface area contributed by atoms with Crippen molar-refractivity contribution in [2.45, 2.75) is 43.7 Å². The minimum absolute atomic E-state index is 0.0557. The first-order valence-corrected chi connectivity index (χ1v) is 11.4. The molecule has 1 amide bonds. The molecule has 3 aliphatic rings. The summed E-state index contributed by atoms with van der Waals surface area (Å²) in [7, 11) is 1.69. The van der Waals surface area contributed by atoms with Gasteiger partial charge in [0.05, 0.1) is 18.8 Å². The van der Waals surface area contributed by atoms with Gasteiger partial charge in [0.2, 0.25) is 5.91 Å². The third-order valence-electron chi connectivity index (χ3n) is 7.27. The van der Waals surface area contributed by atoms with Crippen LogP contribution in [0.5, 0.6) is 0 Å². The summed E-state index contributed by atoms with van der Waals surface area (Å²) in [5.74, 6) is 0.524. The Balaban J connectivity index is 1.43. The number of aromatic nitrogens is 3. The molecule has 2 saturated heterocycles. The maximum Gasteiger partial charge on any atom is 0.251 e. The number of rotatable bonds is 6. The second kappa shape index (κ2) is 8.59. The molecule has 0 saturated carbocycles. The largest absolute Gasteiger partial charge is 0.383 e. The molecule has 8 nitrogen and oxygen atoms in total. The van der Waals surface area contributed by atoms with E-state index < -0.39 is 6.04 Å². The molecule has 2 bridgehead atoms. The Hall–Kier alpha value is -2.45.